The van der Waals surface area contributed by atoms with Crippen LogP contribution in [-0.2, 0) is 4.79 Å². The number of carbonyl (C=O) groups is 2. The van der Waals surface area contributed by atoms with Crippen LogP contribution in [-0.4, -0.2) is 22.5 Å². The minimum Gasteiger partial charge on any atom is -0.507 e. The molecule has 0 radical (unpaired) electrons. The van der Waals surface area contributed by atoms with Crippen LogP contribution in [0.2, 0.25) is 0 Å². The van der Waals surface area contributed by atoms with Crippen LogP contribution in [0.5, 0.6) is 5.75 Å². The van der Waals surface area contributed by atoms with E-state index in [1.165, 1.54) is 6.07 Å². The molecule has 0 bridgehead atoms. The topological polar surface area (TPSA) is 74.6 Å². The molecule has 14 heavy (non-hydrogen) atoms. The molecule has 0 aliphatic carbocycles. The number of phenolic OH excluding ortho intramolecular Hbond substituents is 1. The number of aromatic hydroxyl groups is 1. The molecule has 1 rings (SSSR count). The standard InChI is InChI=1S/C7H6O2.C3H4O2/c8-5-6-3-1-2-4-7(6)9;1-2-3(4)5/h1-5,9H;2H,1H2,(H,4,5). The van der Waals surface area contributed by atoms with Crippen LogP contribution in [0.15, 0.2) is 36.9 Å². The van der Waals surface area contributed by atoms with Crippen molar-refractivity contribution in [2.75, 3.05) is 0 Å². The van der Waals surface area contributed by atoms with Crippen LogP contribution in [0.25, 0.3) is 0 Å². The number of hydrogen-bond donors (Lipinski definition) is 2. The van der Waals surface area contributed by atoms with Gasteiger partial charge in [-0.3, -0.25) is 4.79 Å². The Labute approximate surface area is 81.1 Å². The summed E-state index contributed by atoms with van der Waals surface area (Å²) in [7, 11) is 0. The second-order valence-corrected chi connectivity index (χ2v) is 2.22. The van der Waals surface area contributed by atoms with Crippen molar-refractivity contribution in [3.8, 4) is 5.75 Å². The zero-order chi connectivity index (χ0) is 11.0. The molecule has 74 valence electrons. The summed E-state index contributed by atoms with van der Waals surface area (Å²) in [5.74, 6) is -0.947. The van der Waals surface area contributed by atoms with E-state index >= 15 is 0 Å². The van der Waals surface area contributed by atoms with Crippen molar-refractivity contribution in [3.63, 3.8) is 0 Å². The summed E-state index contributed by atoms with van der Waals surface area (Å²) in [6.07, 6.45) is 1.45. The number of para-hydroxylation sites is 1. The highest BCUT2D eigenvalue weighted by molar-refractivity contribution is 5.79. The lowest BCUT2D eigenvalue weighted by molar-refractivity contribution is -0.131. The Balaban J connectivity index is 0.000000292. The maximum Gasteiger partial charge on any atom is 0.327 e. The highest BCUT2D eigenvalue weighted by Gasteiger charge is 1.93. The van der Waals surface area contributed by atoms with Gasteiger partial charge in [0, 0.05) is 6.08 Å². The summed E-state index contributed by atoms with van der Waals surface area (Å²) in [6.45, 7) is 2.96. The van der Waals surface area contributed by atoms with Crippen LogP contribution in [0, 0.1) is 0 Å². The fraction of sp³-hybridized carbons (Fsp3) is 0. The second-order valence-electron chi connectivity index (χ2n) is 2.22. The number of benzene rings is 1. The molecule has 0 aliphatic heterocycles. The van der Waals surface area contributed by atoms with Crippen LogP contribution in [0.1, 0.15) is 10.4 Å². The molecule has 0 saturated carbocycles. The molecule has 4 nitrogen and oxygen atoms in total. The SMILES string of the molecule is C=CC(=O)O.O=Cc1ccccc1O. The van der Waals surface area contributed by atoms with E-state index in [1.807, 2.05) is 0 Å². The number of carboxylic acids is 1. The van der Waals surface area contributed by atoms with E-state index in [2.05, 4.69) is 6.58 Å². The van der Waals surface area contributed by atoms with E-state index < -0.39 is 5.97 Å². The molecule has 0 unspecified atom stereocenters. The fourth-order valence-electron chi connectivity index (χ4n) is 0.587. The highest BCUT2D eigenvalue weighted by atomic mass is 16.4. The first-order valence-electron chi connectivity index (χ1n) is 3.70. The Bertz CT molecular complexity index is 331. The van der Waals surface area contributed by atoms with Gasteiger partial charge in [0.25, 0.3) is 0 Å². The summed E-state index contributed by atoms with van der Waals surface area (Å²) >= 11 is 0. The molecule has 2 N–H and O–H groups in total. The van der Waals surface area contributed by atoms with E-state index in [4.69, 9.17) is 10.2 Å². The molecule has 0 aliphatic rings. The van der Waals surface area contributed by atoms with Gasteiger partial charge >= 0.3 is 5.97 Å². The molecule has 0 heterocycles. The lowest BCUT2D eigenvalue weighted by atomic mass is 10.2. The zero-order valence-electron chi connectivity index (χ0n) is 7.38. The fourth-order valence-corrected chi connectivity index (χ4v) is 0.587. The van der Waals surface area contributed by atoms with E-state index in [0.717, 1.165) is 6.08 Å². The summed E-state index contributed by atoms with van der Waals surface area (Å²) < 4.78 is 0. The predicted octanol–water partition coefficient (Wildman–Crippen LogP) is 1.46. The molecule has 1 aromatic rings. The largest absolute Gasteiger partial charge is 0.507 e. The van der Waals surface area contributed by atoms with Crippen molar-refractivity contribution in [2.45, 2.75) is 0 Å². The van der Waals surface area contributed by atoms with Crippen LogP contribution in [0.3, 0.4) is 0 Å². The van der Waals surface area contributed by atoms with Crippen molar-refractivity contribution in [2.24, 2.45) is 0 Å². The van der Waals surface area contributed by atoms with Crippen LogP contribution in [0.4, 0.5) is 0 Å². The van der Waals surface area contributed by atoms with Gasteiger partial charge in [0.2, 0.25) is 0 Å². The normalized spacial score (nSPS) is 8.00. The molecule has 0 atom stereocenters. The zero-order valence-corrected chi connectivity index (χ0v) is 7.38. The molecule has 0 amide bonds. The molecule has 4 heteroatoms. The van der Waals surface area contributed by atoms with Gasteiger partial charge < -0.3 is 10.2 Å². The van der Waals surface area contributed by atoms with Gasteiger partial charge in [-0.2, -0.15) is 0 Å². The van der Waals surface area contributed by atoms with Gasteiger partial charge in [-0.15, -0.1) is 0 Å². The third-order valence-electron chi connectivity index (χ3n) is 1.24. The summed E-state index contributed by atoms with van der Waals surface area (Å²) in [4.78, 5) is 19.3. The Kier molecular flexibility index (Phi) is 5.46. The van der Waals surface area contributed by atoms with Crippen molar-refractivity contribution < 1.29 is 19.8 Å². The summed E-state index contributed by atoms with van der Waals surface area (Å²) in [6, 6.07) is 6.40. The number of aliphatic carboxylic acids is 1. The molecule has 0 saturated heterocycles. The Morgan fingerprint density at radius 3 is 2.14 bits per heavy atom. The lowest BCUT2D eigenvalue weighted by Gasteiger charge is -1.91. The first-order chi connectivity index (χ1) is 6.61. The Morgan fingerprint density at radius 2 is 1.86 bits per heavy atom. The first-order valence-corrected chi connectivity index (χ1v) is 3.70. The van der Waals surface area contributed by atoms with Crippen molar-refractivity contribution in [1.82, 2.24) is 0 Å². The molecule has 0 fully saturated rings. The number of aldehydes is 1. The van der Waals surface area contributed by atoms with Crippen LogP contribution < -0.4 is 0 Å². The van der Waals surface area contributed by atoms with Crippen molar-refractivity contribution in [3.05, 3.63) is 42.5 Å². The Hall–Kier alpha value is -2.10. The van der Waals surface area contributed by atoms with Gasteiger partial charge in [-0.05, 0) is 12.1 Å². The van der Waals surface area contributed by atoms with Gasteiger partial charge in [0.05, 0.1) is 5.56 Å². The third kappa shape index (κ3) is 4.71. The highest BCUT2D eigenvalue weighted by Crippen LogP contribution is 2.11. The molecule has 1 aromatic carbocycles. The van der Waals surface area contributed by atoms with E-state index in [1.54, 1.807) is 18.2 Å². The van der Waals surface area contributed by atoms with Crippen molar-refractivity contribution in [1.29, 1.82) is 0 Å². The summed E-state index contributed by atoms with van der Waals surface area (Å²) in [5.41, 5.74) is 0.331. The van der Waals surface area contributed by atoms with Gasteiger partial charge in [0.15, 0.2) is 6.29 Å². The minimum atomic E-state index is -0.981. The predicted molar refractivity (Wildman–Crippen MR) is 51.3 cm³/mol. The summed E-state index contributed by atoms with van der Waals surface area (Å²) in [5, 5.41) is 16.5. The van der Waals surface area contributed by atoms with Gasteiger partial charge in [0.1, 0.15) is 5.75 Å². The molecule has 0 aromatic heterocycles. The Morgan fingerprint density at radius 1 is 1.36 bits per heavy atom. The van der Waals surface area contributed by atoms with Crippen LogP contribution >= 0.6 is 0 Å². The van der Waals surface area contributed by atoms with E-state index in [9.17, 15) is 9.59 Å². The monoisotopic (exact) mass is 194 g/mol. The smallest absolute Gasteiger partial charge is 0.327 e. The first kappa shape index (κ1) is 11.9. The molecular weight excluding hydrogens is 184 g/mol. The van der Waals surface area contributed by atoms with Gasteiger partial charge in [-0.25, -0.2) is 4.79 Å². The molecule has 0 spiro atoms. The maximum absolute atomic E-state index is 10.1. The van der Waals surface area contributed by atoms with E-state index in [-0.39, 0.29) is 5.75 Å². The number of rotatable bonds is 2. The second kappa shape index (κ2) is 6.42. The van der Waals surface area contributed by atoms with E-state index in [0.29, 0.717) is 11.8 Å². The van der Waals surface area contributed by atoms with Crippen molar-refractivity contribution >= 4 is 12.3 Å². The number of phenols is 1. The maximum atomic E-state index is 10.1. The molecular formula is C10H10O4. The number of hydrogen-bond acceptors (Lipinski definition) is 3. The van der Waals surface area contributed by atoms with Gasteiger partial charge in [-0.1, -0.05) is 18.7 Å². The number of carboxylic acid groups (broad SMARTS) is 1. The quantitative estimate of drug-likeness (QED) is 0.552. The minimum absolute atomic E-state index is 0.0347. The average molecular weight is 194 g/mol. The third-order valence-corrected chi connectivity index (χ3v) is 1.24. The lowest BCUT2D eigenvalue weighted by Crippen LogP contribution is -1.82. The number of carbonyl (C=O) groups excluding carboxylic acids is 1. The average Bonchev–Trinajstić information content (AvgIpc) is 2.19.